The smallest absolute Gasteiger partial charge is 0.255 e. The first-order valence-corrected chi connectivity index (χ1v) is 8.54. The number of rotatable bonds is 4. The summed E-state index contributed by atoms with van der Waals surface area (Å²) < 4.78 is 0.889. The molecule has 3 nitrogen and oxygen atoms in total. The molecule has 1 amide bonds. The number of benzene rings is 1. The molecule has 0 spiro atoms. The van der Waals surface area contributed by atoms with Gasteiger partial charge in [-0.15, -0.1) is 0 Å². The number of amides is 1. The Labute approximate surface area is 136 Å². The number of hydrogen-bond acceptors (Lipinski definition) is 2. The van der Waals surface area contributed by atoms with Crippen LogP contribution in [0.1, 0.15) is 36.2 Å². The highest BCUT2D eigenvalue weighted by Crippen LogP contribution is 2.20. The van der Waals surface area contributed by atoms with Gasteiger partial charge in [-0.05, 0) is 53.9 Å². The Kier molecular flexibility index (Phi) is 5.82. The van der Waals surface area contributed by atoms with Crippen molar-refractivity contribution < 1.29 is 4.79 Å². The van der Waals surface area contributed by atoms with Gasteiger partial charge in [0.25, 0.3) is 5.91 Å². The van der Waals surface area contributed by atoms with Gasteiger partial charge >= 0.3 is 0 Å². The van der Waals surface area contributed by atoms with Crippen LogP contribution >= 0.6 is 15.9 Å². The summed E-state index contributed by atoms with van der Waals surface area (Å²) in [6.45, 7) is 11.3. The molecule has 4 heteroatoms. The van der Waals surface area contributed by atoms with Gasteiger partial charge in [0, 0.05) is 30.7 Å². The number of piperazine rings is 1. The molecule has 0 N–H and O–H groups in total. The second-order valence-corrected chi connectivity index (χ2v) is 7.15. The second kappa shape index (κ2) is 7.41. The summed E-state index contributed by atoms with van der Waals surface area (Å²) in [6, 6.07) is 5.95. The van der Waals surface area contributed by atoms with Crippen LogP contribution in [0, 0.1) is 12.8 Å². The molecule has 0 radical (unpaired) electrons. The van der Waals surface area contributed by atoms with Crippen molar-refractivity contribution in [3.05, 3.63) is 33.8 Å². The first-order chi connectivity index (χ1) is 9.97. The minimum Gasteiger partial charge on any atom is -0.336 e. The van der Waals surface area contributed by atoms with Crippen molar-refractivity contribution in [3.63, 3.8) is 0 Å². The fourth-order valence-corrected chi connectivity index (χ4v) is 3.00. The van der Waals surface area contributed by atoms with Crippen LogP contribution in [-0.2, 0) is 0 Å². The van der Waals surface area contributed by atoms with Gasteiger partial charge in [0.1, 0.15) is 0 Å². The predicted octanol–water partition coefficient (Wildman–Crippen LogP) is 3.56. The summed E-state index contributed by atoms with van der Waals surface area (Å²) in [6.07, 6.45) is 1.23. The van der Waals surface area contributed by atoms with Gasteiger partial charge in [-0.25, -0.2) is 0 Å². The molecular weight excluding hydrogens is 328 g/mol. The third kappa shape index (κ3) is 4.55. The van der Waals surface area contributed by atoms with E-state index in [1.807, 2.05) is 30.0 Å². The van der Waals surface area contributed by atoms with Crippen LogP contribution in [0.5, 0.6) is 0 Å². The minimum absolute atomic E-state index is 0.147. The standard InChI is InChI=1S/C17H25BrN2O/c1-13(2)6-7-19-8-10-20(11-9-19)17(21)15-12-14(3)4-5-16(15)18/h4-5,12-13H,6-11H2,1-3H3. The van der Waals surface area contributed by atoms with E-state index in [9.17, 15) is 4.79 Å². The van der Waals surface area contributed by atoms with E-state index >= 15 is 0 Å². The third-order valence-electron chi connectivity index (χ3n) is 4.03. The molecule has 0 unspecified atom stereocenters. The molecule has 116 valence electrons. The number of halogens is 1. The highest BCUT2D eigenvalue weighted by molar-refractivity contribution is 9.10. The van der Waals surface area contributed by atoms with Crippen LogP contribution in [0.4, 0.5) is 0 Å². The maximum absolute atomic E-state index is 12.6. The maximum Gasteiger partial charge on any atom is 0.255 e. The van der Waals surface area contributed by atoms with Crippen molar-refractivity contribution in [3.8, 4) is 0 Å². The zero-order valence-electron chi connectivity index (χ0n) is 13.2. The van der Waals surface area contributed by atoms with E-state index in [-0.39, 0.29) is 5.91 Å². The Bertz CT molecular complexity index is 494. The van der Waals surface area contributed by atoms with Crippen molar-refractivity contribution in [1.82, 2.24) is 9.80 Å². The molecule has 2 rings (SSSR count). The summed E-state index contributed by atoms with van der Waals surface area (Å²) in [4.78, 5) is 17.1. The Balaban J connectivity index is 1.92. The van der Waals surface area contributed by atoms with E-state index in [2.05, 4.69) is 34.7 Å². The van der Waals surface area contributed by atoms with Crippen LogP contribution in [0.25, 0.3) is 0 Å². The summed E-state index contributed by atoms with van der Waals surface area (Å²) in [5, 5.41) is 0. The molecule has 1 heterocycles. The van der Waals surface area contributed by atoms with Crippen molar-refractivity contribution in [2.45, 2.75) is 27.2 Å². The Morgan fingerprint density at radius 3 is 2.52 bits per heavy atom. The summed E-state index contributed by atoms with van der Waals surface area (Å²) >= 11 is 3.49. The van der Waals surface area contributed by atoms with E-state index in [0.717, 1.165) is 54.2 Å². The molecule has 0 aromatic heterocycles. The molecule has 1 fully saturated rings. The van der Waals surface area contributed by atoms with Gasteiger partial charge in [-0.1, -0.05) is 25.5 Å². The number of carbonyl (C=O) groups excluding carboxylic acids is 1. The molecule has 0 aliphatic carbocycles. The monoisotopic (exact) mass is 352 g/mol. The SMILES string of the molecule is Cc1ccc(Br)c(C(=O)N2CCN(CCC(C)C)CC2)c1. The van der Waals surface area contributed by atoms with Crippen LogP contribution in [-0.4, -0.2) is 48.4 Å². The zero-order valence-corrected chi connectivity index (χ0v) is 14.8. The molecule has 1 saturated heterocycles. The minimum atomic E-state index is 0.147. The fourth-order valence-electron chi connectivity index (χ4n) is 2.59. The highest BCUT2D eigenvalue weighted by Gasteiger charge is 2.23. The molecule has 0 atom stereocenters. The number of nitrogens with zero attached hydrogens (tertiary/aromatic N) is 2. The lowest BCUT2D eigenvalue weighted by molar-refractivity contribution is 0.0631. The molecule has 1 aromatic rings. The zero-order chi connectivity index (χ0) is 15.4. The summed E-state index contributed by atoms with van der Waals surface area (Å²) in [7, 11) is 0. The van der Waals surface area contributed by atoms with Crippen LogP contribution < -0.4 is 0 Å². The van der Waals surface area contributed by atoms with Gasteiger partial charge in [0.15, 0.2) is 0 Å². The van der Waals surface area contributed by atoms with E-state index in [4.69, 9.17) is 0 Å². The molecular formula is C17H25BrN2O. The van der Waals surface area contributed by atoms with Gasteiger partial charge in [-0.3, -0.25) is 9.69 Å². The molecule has 0 bridgehead atoms. The molecule has 0 saturated carbocycles. The average Bonchev–Trinajstić information content (AvgIpc) is 2.47. The fraction of sp³-hybridized carbons (Fsp3) is 0.588. The van der Waals surface area contributed by atoms with Crippen LogP contribution in [0.3, 0.4) is 0 Å². The molecule has 1 aliphatic heterocycles. The summed E-state index contributed by atoms with van der Waals surface area (Å²) in [5.74, 6) is 0.891. The number of hydrogen-bond donors (Lipinski definition) is 0. The number of aryl methyl sites for hydroxylation is 1. The average molecular weight is 353 g/mol. The quantitative estimate of drug-likeness (QED) is 0.826. The highest BCUT2D eigenvalue weighted by atomic mass is 79.9. The first-order valence-electron chi connectivity index (χ1n) is 7.75. The van der Waals surface area contributed by atoms with E-state index < -0.39 is 0 Å². The van der Waals surface area contributed by atoms with E-state index in [1.165, 1.54) is 6.42 Å². The van der Waals surface area contributed by atoms with Crippen molar-refractivity contribution in [2.75, 3.05) is 32.7 Å². The van der Waals surface area contributed by atoms with Gasteiger partial charge in [0.2, 0.25) is 0 Å². The Hall–Kier alpha value is -0.870. The van der Waals surface area contributed by atoms with Crippen LogP contribution in [0.2, 0.25) is 0 Å². The first kappa shape index (κ1) is 16.5. The lowest BCUT2D eigenvalue weighted by Gasteiger charge is -2.35. The maximum atomic E-state index is 12.6. The normalized spacial score (nSPS) is 16.5. The summed E-state index contributed by atoms with van der Waals surface area (Å²) in [5.41, 5.74) is 1.91. The predicted molar refractivity (Wildman–Crippen MR) is 90.7 cm³/mol. The van der Waals surface area contributed by atoms with Gasteiger partial charge in [-0.2, -0.15) is 0 Å². The molecule has 21 heavy (non-hydrogen) atoms. The molecule has 1 aromatic carbocycles. The van der Waals surface area contributed by atoms with Crippen molar-refractivity contribution in [1.29, 1.82) is 0 Å². The van der Waals surface area contributed by atoms with Gasteiger partial charge in [0.05, 0.1) is 5.56 Å². The van der Waals surface area contributed by atoms with E-state index in [1.54, 1.807) is 0 Å². The van der Waals surface area contributed by atoms with Crippen molar-refractivity contribution in [2.24, 2.45) is 5.92 Å². The lowest BCUT2D eigenvalue weighted by atomic mass is 10.1. The Morgan fingerprint density at radius 1 is 1.24 bits per heavy atom. The molecule has 1 aliphatic rings. The second-order valence-electron chi connectivity index (χ2n) is 6.30. The van der Waals surface area contributed by atoms with Crippen molar-refractivity contribution >= 4 is 21.8 Å². The van der Waals surface area contributed by atoms with E-state index in [0.29, 0.717) is 0 Å². The largest absolute Gasteiger partial charge is 0.336 e. The van der Waals surface area contributed by atoms with Gasteiger partial charge < -0.3 is 4.90 Å². The topological polar surface area (TPSA) is 23.6 Å². The third-order valence-corrected chi connectivity index (χ3v) is 4.73. The number of carbonyl (C=O) groups is 1. The lowest BCUT2D eigenvalue weighted by Crippen LogP contribution is -2.49. The Morgan fingerprint density at radius 2 is 1.90 bits per heavy atom. The van der Waals surface area contributed by atoms with Crippen LogP contribution in [0.15, 0.2) is 22.7 Å².